The molecule has 1 aromatic rings. The van der Waals surface area contributed by atoms with Gasteiger partial charge in [-0.2, -0.15) is 0 Å². The number of rotatable bonds is 0. The first kappa shape index (κ1) is 6.07. The SMILES string of the molecule is Cc1cn(C)c(I)n1. The van der Waals surface area contributed by atoms with E-state index in [1.54, 1.807) is 0 Å². The van der Waals surface area contributed by atoms with Gasteiger partial charge in [0.2, 0.25) is 0 Å². The van der Waals surface area contributed by atoms with Crippen molar-refractivity contribution in [1.82, 2.24) is 9.55 Å². The van der Waals surface area contributed by atoms with E-state index in [9.17, 15) is 0 Å². The summed E-state index contributed by atoms with van der Waals surface area (Å²) < 4.78 is 3.04. The Balaban J connectivity index is 3.14. The van der Waals surface area contributed by atoms with Gasteiger partial charge in [-0.05, 0) is 29.5 Å². The van der Waals surface area contributed by atoms with Crippen molar-refractivity contribution in [2.75, 3.05) is 0 Å². The summed E-state index contributed by atoms with van der Waals surface area (Å²) in [5.41, 5.74) is 1.08. The van der Waals surface area contributed by atoms with Crippen LogP contribution < -0.4 is 0 Å². The molecule has 0 aromatic carbocycles. The van der Waals surface area contributed by atoms with Crippen molar-refractivity contribution in [2.45, 2.75) is 6.92 Å². The predicted octanol–water partition coefficient (Wildman–Crippen LogP) is 1.33. The molecule has 1 rings (SSSR count). The molecule has 0 unspecified atom stereocenters. The average Bonchev–Trinajstić information content (AvgIpc) is 1.85. The Kier molecular flexibility index (Phi) is 1.55. The molecule has 8 heavy (non-hydrogen) atoms. The van der Waals surface area contributed by atoms with E-state index in [0.717, 1.165) is 9.53 Å². The zero-order valence-corrected chi connectivity index (χ0v) is 7.01. The Morgan fingerprint density at radius 2 is 2.38 bits per heavy atom. The van der Waals surface area contributed by atoms with Crippen LogP contribution in [-0.4, -0.2) is 9.55 Å². The Morgan fingerprint density at radius 3 is 2.50 bits per heavy atom. The number of nitrogens with zero attached hydrogens (tertiary/aromatic N) is 2. The van der Waals surface area contributed by atoms with Crippen LogP contribution in [0.2, 0.25) is 0 Å². The zero-order valence-electron chi connectivity index (χ0n) is 4.85. The summed E-state index contributed by atoms with van der Waals surface area (Å²) >= 11 is 2.20. The van der Waals surface area contributed by atoms with Crippen molar-refractivity contribution in [3.8, 4) is 0 Å². The number of imidazole rings is 1. The molecule has 0 aliphatic carbocycles. The quantitative estimate of drug-likeness (QED) is 0.605. The van der Waals surface area contributed by atoms with Gasteiger partial charge in [0.05, 0.1) is 5.69 Å². The summed E-state index contributed by atoms with van der Waals surface area (Å²) in [5.74, 6) is 0. The van der Waals surface area contributed by atoms with Gasteiger partial charge in [0.25, 0.3) is 0 Å². The third kappa shape index (κ3) is 1.02. The second-order valence-corrected chi connectivity index (χ2v) is 2.73. The molecule has 0 aliphatic heterocycles. The Bertz CT molecular complexity index is 173. The first-order valence-corrected chi connectivity index (χ1v) is 3.43. The van der Waals surface area contributed by atoms with Crippen molar-refractivity contribution in [1.29, 1.82) is 0 Å². The predicted molar refractivity (Wildman–Crippen MR) is 40.7 cm³/mol. The molecule has 0 aliphatic rings. The zero-order chi connectivity index (χ0) is 6.15. The fourth-order valence-corrected chi connectivity index (χ4v) is 1.11. The molecule has 0 spiro atoms. The third-order valence-electron chi connectivity index (χ3n) is 0.940. The molecule has 0 amide bonds. The highest BCUT2D eigenvalue weighted by atomic mass is 127. The number of aryl methyl sites for hydroxylation is 2. The standard InChI is InChI=1S/C5H7IN2/c1-4-3-8(2)5(6)7-4/h3H,1-2H3. The first-order valence-electron chi connectivity index (χ1n) is 2.35. The maximum absolute atomic E-state index is 4.16. The van der Waals surface area contributed by atoms with E-state index >= 15 is 0 Å². The molecular weight excluding hydrogens is 215 g/mol. The van der Waals surface area contributed by atoms with Crippen molar-refractivity contribution in [2.24, 2.45) is 7.05 Å². The number of halogens is 1. The topological polar surface area (TPSA) is 17.8 Å². The molecule has 0 radical (unpaired) electrons. The van der Waals surface area contributed by atoms with Gasteiger partial charge < -0.3 is 4.57 Å². The summed E-state index contributed by atoms with van der Waals surface area (Å²) in [7, 11) is 1.99. The molecule has 1 aromatic heterocycles. The largest absolute Gasteiger partial charge is 0.329 e. The van der Waals surface area contributed by atoms with Gasteiger partial charge in [-0.15, -0.1) is 0 Å². The van der Waals surface area contributed by atoms with Crippen molar-refractivity contribution in [3.05, 3.63) is 15.7 Å². The van der Waals surface area contributed by atoms with Gasteiger partial charge in [-0.25, -0.2) is 4.98 Å². The highest BCUT2D eigenvalue weighted by Gasteiger charge is 1.93. The van der Waals surface area contributed by atoms with Crippen molar-refractivity contribution in [3.63, 3.8) is 0 Å². The fourth-order valence-electron chi connectivity index (χ4n) is 0.587. The van der Waals surface area contributed by atoms with E-state index in [2.05, 4.69) is 27.6 Å². The van der Waals surface area contributed by atoms with Crippen molar-refractivity contribution < 1.29 is 0 Å². The lowest BCUT2D eigenvalue weighted by molar-refractivity contribution is 0.877. The molecule has 1 heterocycles. The van der Waals surface area contributed by atoms with E-state index in [0.29, 0.717) is 0 Å². The summed E-state index contributed by atoms with van der Waals surface area (Å²) in [6.07, 6.45) is 2.00. The van der Waals surface area contributed by atoms with Gasteiger partial charge in [-0.1, -0.05) is 0 Å². The Morgan fingerprint density at radius 1 is 1.75 bits per heavy atom. The van der Waals surface area contributed by atoms with E-state index < -0.39 is 0 Å². The number of hydrogen-bond donors (Lipinski definition) is 0. The summed E-state index contributed by atoms with van der Waals surface area (Å²) in [6, 6.07) is 0. The summed E-state index contributed by atoms with van der Waals surface area (Å²) in [5, 5.41) is 0. The number of hydrogen-bond acceptors (Lipinski definition) is 1. The monoisotopic (exact) mass is 222 g/mol. The molecule has 0 bridgehead atoms. The Labute approximate surface area is 62.1 Å². The van der Waals surface area contributed by atoms with Crippen LogP contribution in [0, 0.1) is 10.8 Å². The molecule has 0 saturated heterocycles. The minimum atomic E-state index is 1.04. The highest BCUT2D eigenvalue weighted by Crippen LogP contribution is 2.01. The normalized spacial score (nSPS) is 9.88. The van der Waals surface area contributed by atoms with Crippen LogP contribution >= 0.6 is 22.6 Å². The van der Waals surface area contributed by atoms with E-state index in [1.807, 2.05) is 24.7 Å². The molecule has 0 saturated carbocycles. The smallest absolute Gasteiger partial charge is 0.171 e. The third-order valence-corrected chi connectivity index (χ3v) is 1.94. The second kappa shape index (κ2) is 2.05. The minimum Gasteiger partial charge on any atom is -0.329 e. The second-order valence-electron chi connectivity index (χ2n) is 1.76. The lowest BCUT2D eigenvalue weighted by Gasteiger charge is -1.85. The molecule has 44 valence electrons. The van der Waals surface area contributed by atoms with Crippen LogP contribution in [0.1, 0.15) is 5.69 Å². The molecule has 0 fully saturated rings. The molecule has 2 nitrogen and oxygen atoms in total. The molecule has 0 N–H and O–H groups in total. The maximum Gasteiger partial charge on any atom is 0.171 e. The first-order chi connectivity index (χ1) is 3.70. The molecular formula is C5H7IN2. The van der Waals surface area contributed by atoms with Crippen LogP contribution in [-0.2, 0) is 7.05 Å². The molecule has 0 atom stereocenters. The van der Waals surface area contributed by atoms with Gasteiger partial charge in [0, 0.05) is 13.2 Å². The van der Waals surface area contributed by atoms with Crippen LogP contribution in [0.25, 0.3) is 0 Å². The Hall–Kier alpha value is -0.0600. The fraction of sp³-hybridized carbons (Fsp3) is 0.400. The average molecular weight is 222 g/mol. The minimum absolute atomic E-state index is 1.04. The van der Waals surface area contributed by atoms with E-state index in [1.165, 1.54) is 0 Å². The van der Waals surface area contributed by atoms with Gasteiger partial charge in [-0.3, -0.25) is 0 Å². The van der Waals surface area contributed by atoms with Crippen LogP contribution in [0.15, 0.2) is 6.20 Å². The lowest BCUT2D eigenvalue weighted by Crippen LogP contribution is -1.86. The van der Waals surface area contributed by atoms with Crippen LogP contribution in [0.4, 0.5) is 0 Å². The van der Waals surface area contributed by atoms with Gasteiger partial charge >= 0.3 is 0 Å². The summed E-state index contributed by atoms with van der Waals surface area (Å²) in [6.45, 7) is 1.99. The van der Waals surface area contributed by atoms with Gasteiger partial charge in [0.15, 0.2) is 3.83 Å². The highest BCUT2D eigenvalue weighted by molar-refractivity contribution is 14.1. The van der Waals surface area contributed by atoms with Crippen molar-refractivity contribution >= 4 is 22.6 Å². The van der Waals surface area contributed by atoms with E-state index in [-0.39, 0.29) is 0 Å². The number of aromatic nitrogens is 2. The van der Waals surface area contributed by atoms with Gasteiger partial charge in [0.1, 0.15) is 0 Å². The maximum atomic E-state index is 4.16. The van der Waals surface area contributed by atoms with Crippen LogP contribution in [0.5, 0.6) is 0 Å². The molecule has 3 heteroatoms. The summed E-state index contributed by atoms with van der Waals surface area (Å²) in [4.78, 5) is 4.16. The lowest BCUT2D eigenvalue weighted by atomic mass is 10.6. The van der Waals surface area contributed by atoms with E-state index in [4.69, 9.17) is 0 Å². The van der Waals surface area contributed by atoms with Crippen LogP contribution in [0.3, 0.4) is 0 Å².